The van der Waals surface area contributed by atoms with Gasteiger partial charge < -0.3 is 0 Å². The average molecular weight is 337 g/mol. The minimum absolute atomic E-state index is 0.254. The number of halogens is 2. The molecular weight excluding hydrogens is 318 g/mol. The largest absolute Gasteiger partial charge is 0.123 e. The lowest BCUT2D eigenvalue weighted by atomic mass is 9.82. The lowest BCUT2D eigenvalue weighted by Crippen LogP contribution is -2.18. The van der Waals surface area contributed by atoms with Crippen molar-refractivity contribution in [2.75, 3.05) is 0 Å². The summed E-state index contributed by atoms with van der Waals surface area (Å²) in [5.74, 6) is 0. The molecule has 84 valence electrons. The fourth-order valence-electron chi connectivity index (χ4n) is 1.99. The summed E-state index contributed by atoms with van der Waals surface area (Å²) in [6, 6.07) is 8.75. The Hall–Kier alpha value is 0.240. The maximum Gasteiger partial charge on any atom is 0.0313 e. The second-order valence-electron chi connectivity index (χ2n) is 4.95. The maximum atomic E-state index is 6.05. The van der Waals surface area contributed by atoms with Crippen molar-refractivity contribution in [3.8, 4) is 0 Å². The molecule has 0 aromatic heterocycles. The van der Waals surface area contributed by atoms with Crippen molar-refractivity contribution >= 4 is 34.2 Å². The lowest BCUT2D eigenvalue weighted by Gasteiger charge is -2.26. The van der Waals surface area contributed by atoms with Crippen molar-refractivity contribution < 1.29 is 0 Å². The van der Waals surface area contributed by atoms with Gasteiger partial charge in [0.2, 0.25) is 0 Å². The number of rotatable bonds is 4. The SMILES string of the molecule is CC(Cl)CC(C)(C)Cc1ccc(I)cc1. The van der Waals surface area contributed by atoms with Crippen LogP contribution in [0.3, 0.4) is 0 Å². The Bertz CT molecular complexity index is 301. The summed E-state index contributed by atoms with van der Waals surface area (Å²) in [5.41, 5.74) is 1.69. The van der Waals surface area contributed by atoms with E-state index >= 15 is 0 Å². The van der Waals surface area contributed by atoms with E-state index in [1.807, 2.05) is 0 Å². The zero-order chi connectivity index (χ0) is 11.5. The van der Waals surface area contributed by atoms with E-state index in [1.165, 1.54) is 9.13 Å². The second kappa shape index (κ2) is 5.53. The Morgan fingerprint density at radius 1 is 1.27 bits per heavy atom. The van der Waals surface area contributed by atoms with Crippen molar-refractivity contribution in [2.24, 2.45) is 5.41 Å². The highest BCUT2D eigenvalue weighted by Crippen LogP contribution is 2.29. The summed E-state index contributed by atoms with van der Waals surface area (Å²) in [4.78, 5) is 0. The third-order valence-electron chi connectivity index (χ3n) is 2.43. The van der Waals surface area contributed by atoms with Gasteiger partial charge in [-0.25, -0.2) is 0 Å². The van der Waals surface area contributed by atoms with Gasteiger partial charge in [-0.1, -0.05) is 26.0 Å². The van der Waals surface area contributed by atoms with Crippen LogP contribution in [-0.2, 0) is 6.42 Å². The van der Waals surface area contributed by atoms with E-state index in [0.29, 0.717) is 0 Å². The Labute approximate surface area is 112 Å². The fraction of sp³-hybridized carbons (Fsp3) is 0.538. The van der Waals surface area contributed by atoms with Crippen LogP contribution in [0.5, 0.6) is 0 Å². The first-order valence-electron chi connectivity index (χ1n) is 5.27. The number of benzene rings is 1. The summed E-state index contributed by atoms with van der Waals surface area (Å²) in [5, 5.41) is 0.254. The van der Waals surface area contributed by atoms with Gasteiger partial charge in [0.1, 0.15) is 0 Å². The highest BCUT2D eigenvalue weighted by Gasteiger charge is 2.20. The first kappa shape index (κ1) is 13.3. The molecule has 0 heterocycles. The first-order valence-corrected chi connectivity index (χ1v) is 6.79. The van der Waals surface area contributed by atoms with Gasteiger partial charge in [-0.3, -0.25) is 0 Å². The Kier molecular flexibility index (Phi) is 4.91. The van der Waals surface area contributed by atoms with Crippen LogP contribution in [0, 0.1) is 8.99 Å². The van der Waals surface area contributed by atoms with Gasteiger partial charge in [-0.2, -0.15) is 0 Å². The van der Waals surface area contributed by atoms with Gasteiger partial charge in [0.15, 0.2) is 0 Å². The molecule has 0 aliphatic heterocycles. The number of hydrogen-bond acceptors (Lipinski definition) is 0. The standard InChI is InChI=1S/C13H18ClI/c1-10(14)8-13(2,3)9-11-4-6-12(15)7-5-11/h4-7,10H,8-9H2,1-3H3. The summed E-state index contributed by atoms with van der Waals surface area (Å²) >= 11 is 8.39. The molecule has 0 aliphatic rings. The topological polar surface area (TPSA) is 0 Å². The molecule has 0 spiro atoms. The predicted molar refractivity (Wildman–Crippen MR) is 76.6 cm³/mol. The van der Waals surface area contributed by atoms with E-state index in [1.54, 1.807) is 0 Å². The summed E-state index contributed by atoms with van der Waals surface area (Å²) in [6.45, 7) is 6.63. The van der Waals surface area contributed by atoms with Gasteiger partial charge in [-0.15, -0.1) is 11.6 Å². The monoisotopic (exact) mass is 336 g/mol. The molecule has 1 aromatic rings. The smallest absolute Gasteiger partial charge is 0.0313 e. The molecule has 0 bridgehead atoms. The average Bonchev–Trinajstić information content (AvgIpc) is 2.06. The van der Waals surface area contributed by atoms with Gasteiger partial charge >= 0.3 is 0 Å². The molecule has 0 nitrogen and oxygen atoms in total. The molecule has 0 N–H and O–H groups in total. The molecular formula is C13H18ClI. The minimum atomic E-state index is 0.254. The molecule has 0 fully saturated rings. The van der Waals surface area contributed by atoms with Crippen molar-refractivity contribution in [2.45, 2.75) is 39.0 Å². The quantitative estimate of drug-likeness (QED) is 0.543. The Morgan fingerprint density at radius 3 is 2.27 bits per heavy atom. The normalized spacial score (nSPS) is 13.9. The van der Waals surface area contributed by atoms with E-state index in [9.17, 15) is 0 Å². The van der Waals surface area contributed by atoms with Crippen LogP contribution >= 0.6 is 34.2 Å². The van der Waals surface area contributed by atoms with Crippen LogP contribution in [0.2, 0.25) is 0 Å². The van der Waals surface area contributed by atoms with E-state index in [4.69, 9.17) is 11.6 Å². The van der Waals surface area contributed by atoms with Crippen molar-refractivity contribution in [1.29, 1.82) is 0 Å². The van der Waals surface area contributed by atoms with Crippen LogP contribution in [0.1, 0.15) is 32.8 Å². The second-order valence-corrected chi connectivity index (χ2v) is 6.94. The fourth-order valence-corrected chi connectivity index (χ4v) is 2.77. The minimum Gasteiger partial charge on any atom is -0.123 e. The maximum absolute atomic E-state index is 6.05. The number of alkyl halides is 1. The number of hydrogen-bond donors (Lipinski definition) is 0. The summed E-state index contributed by atoms with van der Waals surface area (Å²) in [7, 11) is 0. The summed E-state index contributed by atoms with van der Waals surface area (Å²) < 4.78 is 1.29. The molecule has 0 radical (unpaired) electrons. The van der Waals surface area contributed by atoms with Crippen LogP contribution < -0.4 is 0 Å². The van der Waals surface area contributed by atoms with Crippen molar-refractivity contribution in [1.82, 2.24) is 0 Å². The predicted octanol–water partition coefficient (Wildman–Crippen LogP) is 4.88. The van der Waals surface area contributed by atoms with E-state index in [2.05, 4.69) is 67.6 Å². The zero-order valence-electron chi connectivity index (χ0n) is 9.56. The van der Waals surface area contributed by atoms with Crippen LogP contribution in [-0.4, -0.2) is 5.38 Å². The van der Waals surface area contributed by atoms with Crippen LogP contribution in [0.25, 0.3) is 0 Å². The lowest BCUT2D eigenvalue weighted by molar-refractivity contribution is 0.331. The molecule has 0 aliphatic carbocycles. The van der Waals surface area contributed by atoms with Crippen molar-refractivity contribution in [3.63, 3.8) is 0 Å². The van der Waals surface area contributed by atoms with E-state index in [-0.39, 0.29) is 10.8 Å². The molecule has 1 rings (SSSR count). The third kappa shape index (κ3) is 5.21. The zero-order valence-corrected chi connectivity index (χ0v) is 12.5. The molecule has 1 aromatic carbocycles. The Morgan fingerprint density at radius 2 is 1.80 bits per heavy atom. The Balaban J connectivity index is 2.64. The summed E-state index contributed by atoms with van der Waals surface area (Å²) in [6.07, 6.45) is 2.15. The molecule has 2 heteroatoms. The van der Waals surface area contributed by atoms with Gasteiger partial charge in [0, 0.05) is 8.95 Å². The van der Waals surface area contributed by atoms with Crippen molar-refractivity contribution in [3.05, 3.63) is 33.4 Å². The molecule has 1 atom stereocenters. The highest BCUT2D eigenvalue weighted by molar-refractivity contribution is 14.1. The first-order chi connectivity index (χ1) is 6.89. The molecule has 0 amide bonds. The van der Waals surface area contributed by atoms with E-state index < -0.39 is 0 Å². The highest BCUT2D eigenvalue weighted by atomic mass is 127. The third-order valence-corrected chi connectivity index (χ3v) is 3.30. The van der Waals surface area contributed by atoms with Gasteiger partial charge in [-0.05, 0) is 65.5 Å². The molecule has 0 saturated carbocycles. The molecule has 0 saturated heterocycles. The van der Waals surface area contributed by atoms with Crippen LogP contribution in [0.4, 0.5) is 0 Å². The molecule has 1 unspecified atom stereocenters. The van der Waals surface area contributed by atoms with Crippen LogP contribution in [0.15, 0.2) is 24.3 Å². The van der Waals surface area contributed by atoms with E-state index in [0.717, 1.165) is 12.8 Å². The molecule has 15 heavy (non-hydrogen) atoms. The van der Waals surface area contributed by atoms with Gasteiger partial charge in [0.05, 0.1) is 0 Å². The van der Waals surface area contributed by atoms with Gasteiger partial charge in [0.25, 0.3) is 0 Å².